The molecule has 3 rings (SSSR count). The van der Waals surface area contributed by atoms with Gasteiger partial charge in [0.2, 0.25) is 5.75 Å². The Hall–Kier alpha value is -3.42. The van der Waals surface area contributed by atoms with Crippen molar-refractivity contribution in [2.45, 2.75) is 13.0 Å². The molecule has 0 aliphatic heterocycles. The molecule has 8 heteroatoms. The van der Waals surface area contributed by atoms with Gasteiger partial charge >= 0.3 is 11.8 Å². The number of nitro benzene ring substituents is 1. The molecule has 32 heavy (non-hydrogen) atoms. The third-order valence-corrected chi connectivity index (χ3v) is 5.14. The van der Waals surface area contributed by atoms with Crippen LogP contribution in [-0.4, -0.2) is 36.6 Å². The topological polar surface area (TPSA) is 84.7 Å². The zero-order valence-corrected chi connectivity index (χ0v) is 18.6. The van der Waals surface area contributed by atoms with E-state index in [1.807, 2.05) is 56.6 Å². The number of nitro groups is 1. The van der Waals surface area contributed by atoms with E-state index in [2.05, 4.69) is 10.2 Å². The maximum Gasteiger partial charge on any atom is 0.412 e. The summed E-state index contributed by atoms with van der Waals surface area (Å²) in [4.78, 5) is 25.3. The first kappa shape index (κ1) is 23.2. The van der Waals surface area contributed by atoms with E-state index in [0.29, 0.717) is 18.5 Å². The van der Waals surface area contributed by atoms with Crippen LogP contribution < -0.4 is 10.1 Å². The zero-order chi connectivity index (χ0) is 23.1. The van der Waals surface area contributed by atoms with Crippen molar-refractivity contribution in [3.8, 4) is 16.9 Å². The Labute approximate surface area is 191 Å². The van der Waals surface area contributed by atoms with E-state index >= 15 is 0 Å². The molecule has 0 saturated heterocycles. The van der Waals surface area contributed by atoms with Gasteiger partial charge in [-0.05, 0) is 49.3 Å². The molecule has 0 aromatic heterocycles. The highest BCUT2D eigenvalue weighted by molar-refractivity contribution is 6.35. The third kappa shape index (κ3) is 6.06. The van der Waals surface area contributed by atoms with E-state index in [0.717, 1.165) is 17.7 Å². The van der Waals surface area contributed by atoms with Gasteiger partial charge in [0.15, 0.2) is 0 Å². The van der Waals surface area contributed by atoms with Crippen molar-refractivity contribution in [2.24, 2.45) is 0 Å². The van der Waals surface area contributed by atoms with E-state index in [1.54, 1.807) is 18.2 Å². The normalized spacial score (nSPS) is 10.8. The Morgan fingerprint density at radius 1 is 1.03 bits per heavy atom. The van der Waals surface area contributed by atoms with Crippen LogP contribution in [0, 0.1) is 10.1 Å². The summed E-state index contributed by atoms with van der Waals surface area (Å²) in [6, 6.07) is 20.2. The van der Waals surface area contributed by atoms with Crippen LogP contribution in [0.25, 0.3) is 11.1 Å². The number of nitrogens with zero attached hydrogens (tertiary/aromatic N) is 2. The van der Waals surface area contributed by atoms with Crippen LogP contribution in [0.1, 0.15) is 11.1 Å². The molecule has 0 heterocycles. The van der Waals surface area contributed by atoms with E-state index in [4.69, 9.17) is 16.3 Å². The lowest BCUT2D eigenvalue weighted by atomic mass is 10.0. The number of hydrogen-bond donors (Lipinski definition) is 1. The maximum absolute atomic E-state index is 12.2. The fourth-order valence-electron chi connectivity index (χ4n) is 3.26. The van der Waals surface area contributed by atoms with Gasteiger partial charge in [-0.25, -0.2) is 4.79 Å². The number of benzene rings is 3. The molecule has 0 fully saturated rings. The Bertz CT molecular complexity index is 1090. The Morgan fingerprint density at radius 2 is 1.69 bits per heavy atom. The van der Waals surface area contributed by atoms with Crippen molar-refractivity contribution in [1.29, 1.82) is 0 Å². The molecule has 0 spiro atoms. The zero-order valence-electron chi connectivity index (χ0n) is 17.9. The van der Waals surface area contributed by atoms with Gasteiger partial charge in [-0.2, -0.15) is 0 Å². The van der Waals surface area contributed by atoms with Gasteiger partial charge in [0, 0.05) is 18.7 Å². The molecule has 1 N–H and O–H groups in total. The molecule has 0 aliphatic rings. The summed E-state index contributed by atoms with van der Waals surface area (Å²) < 4.78 is 5.20. The number of hydrogen-bond acceptors (Lipinski definition) is 5. The first-order valence-electron chi connectivity index (χ1n) is 10.1. The van der Waals surface area contributed by atoms with Gasteiger partial charge in [0.25, 0.3) is 0 Å². The fourth-order valence-corrected chi connectivity index (χ4v) is 3.60. The van der Waals surface area contributed by atoms with Crippen molar-refractivity contribution in [3.05, 3.63) is 93.0 Å². The monoisotopic (exact) mass is 453 g/mol. The lowest BCUT2D eigenvalue weighted by molar-refractivity contribution is -0.385. The van der Waals surface area contributed by atoms with Gasteiger partial charge in [-0.3, -0.25) is 10.1 Å². The molecule has 0 bridgehead atoms. The van der Waals surface area contributed by atoms with Gasteiger partial charge in [0.05, 0.1) is 4.92 Å². The minimum absolute atomic E-state index is 0.0793. The summed E-state index contributed by atoms with van der Waals surface area (Å²) in [7, 11) is 4.02. The molecule has 1 amide bonds. The molecule has 0 saturated carbocycles. The number of amides is 1. The quantitative estimate of drug-likeness (QED) is 0.369. The average Bonchev–Trinajstić information content (AvgIpc) is 2.75. The van der Waals surface area contributed by atoms with Crippen LogP contribution in [-0.2, 0) is 13.0 Å². The standard InChI is InChI=1S/C24H24ClN3O4/c1-27(2)16-18-10-8-17(9-11-18)14-15-26-24(29)32-21-13-12-20(19-6-4-3-5-7-19)22(25)23(21)28(30)31/h3-13H,14-16H2,1-2H3,(H,26,29). The largest absolute Gasteiger partial charge is 0.412 e. The van der Waals surface area contributed by atoms with Crippen molar-refractivity contribution in [2.75, 3.05) is 20.6 Å². The van der Waals surface area contributed by atoms with Crippen molar-refractivity contribution < 1.29 is 14.5 Å². The van der Waals surface area contributed by atoms with Gasteiger partial charge in [-0.15, -0.1) is 0 Å². The SMILES string of the molecule is CN(C)Cc1ccc(CCNC(=O)Oc2ccc(-c3ccccc3)c(Cl)c2[N+](=O)[O-])cc1. The number of carbonyl (C=O) groups excluding carboxylic acids is 1. The number of halogens is 1. The fraction of sp³-hybridized carbons (Fsp3) is 0.208. The summed E-state index contributed by atoms with van der Waals surface area (Å²) in [5.41, 5.74) is 3.04. The van der Waals surface area contributed by atoms with Crippen molar-refractivity contribution >= 4 is 23.4 Å². The number of carbonyl (C=O) groups is 1. The Morgan fingerprint density at radius 3 is 2.31 bits per heavy atom. The Kier molecular flexibility index (Phi) is 7.81. The predicted octanol–water partition coefficient (Wildman–Crippen LogP) is 5.31. The molecule has 0 aliphatic carbocycles. The molecule has 3 aromatic rings. The van der Waals surface area contributed by atoms with Gasteiger partial charge in [0.1, 0.15) is 5.02 Å². The molecule has 7 nitrogen and oxygen atoms in total. The predicted molar refractivity (Wildman–Crippen MR) is 125 cm³/mol. The van der Waals surface area contributed by atoms with Crippen LogP contribution in [0.5, 0.6) is 5.75 Å². The second-order valence-corrected chi connectivity index (χ2v) is 7.90. The van der Waals surface area contributed by atoms with E-state index < -0.39 is 16.7 Å². The van der Waals surface area contributed by atoms with Crippen LogP contribution in [0.2, 0.25) is 5.02 Å². The highest BCUT2D eigenvalue weighted by Gasteiger charge is 2.25. The smallest absolute Gasteiger partial charge is 0.403 e. The number of rotatable bonds is 8. The minimum Gasteiger partial charge on any atom is -0.403 e. The number of nitrogens with one attached hydrogen (secondary N) is 1. The highest BCUT2D eigenvalue weighted by atomic mass is 35.5. The maximum atomic E-state index is 12.2. The van der Waals surface area contributed by atoms with Crippen LogP contribution >= 0.6 is 11.6 Å². The summed E-state index contributed by atoms with van der Waals surface area (Å²) in [5, 5.41) is 14.2. The first-order chi connectivity index (χ1) is 15.3. The molecule has 3 aromatic carbocycles. The summed E-state index contributed by atoms with van der Waals surface area (Å²) in [6.07, 6.45) is -0.173. The molecule has 166 valence electrons. The van der Waals surface area contributed by atoms with E-state index in [9.17, 15) is 14.9 Å². The molecular weight excluding hydrogens is 430 g/mol. The molecule has 0 radical (unpaired) electrons. The molecule has 0 unspecified atom stereocenters. The summed E-state index contributed by atoms with van der Waals surface area (Å²) in [5.74, 6) is -0.204. The minimum atomic E-state index is -0.777. The van der Waals surface area contributed by atoms with Crippen molar-refractivity contribution in [3.63, 3.8) is 0 Å². The van der Waals surface area contributed by atoms with Crippen LogP contribution in [0.15, 0.2) is 66.7 Å². The van der Waals surface area contributed by atoms with Crippen molar-refractivity contribution in [1.82, 2.24) is 10.2 Å². The molecular formula is C24H24ClN3O4. The third-order valence-electron chi connectivity index (χ3n) is 4.75. The van der Waals surface area contributed by atoms with E-state index in [-0.39, 0.29) is 10.8 Å². The lowest BCUT2D eigenvalue weighted by Gasteiger charge is -2.11. The molecule has 0 atom stereocenters. The second-order valence-electron chi connectivity index (χ2n) is 7.52. The Balaban J connectivity index is 1.63. The van der Waals surface area contributed by atoms with E-state index in [1.165, 1.54) is 11.6 Å². The number of ether oxygens (including phenoxy) is 1. The second kappa shape index (κ2) is 10.7. The van der Waals surface area contributed by atoms with Crippen LogP contribution in [0.4, 0.5) is 10.5 Å². The summed E-state index contributed by atoms with van der Waals surface area (Å²) in [6.45, 7) is 1.19. The summed E-state index contributed by atoms with van der Waals surface area (Å²) >= 11 is 6.30. The highest BCUT2D eigenvalue weighted by Crippen LogP contribution is 2.41. The van der Waals surface area contributed by atoms with Crippen LogP contribution in [0.3, 0.4) is 0 Å². The lowest BCUT2D eigenvalue weighted by Crippen LogP contribution is -2.29. The van der Waals surface area contributed by atoms with Gasteiger partial charge < -0.3 is 15.0 Å². The first-order valence-corrected chi connectivity index (χ1v) is 10.4. The average molecular weight is 454 g/mol. The van der Waals surface area contributed by atoms with Gasteiger partial charge in [-0.1, -0.05) is 66.2 Å².